The van der Waals surface area contributed by atoms with Crippen LogP contribution in [0.25, 0.3) is 0 Å². The lowest BCUT2D eigenvalue weighted by atomic mass is 9.79. The number of amides is 1. The molecule has 0 aliphatic rings. The fraction of sp³-hybridized carbons (Fsp3) is 0.562. The van der Waals surface area contributed by atoms with E-state index in [1.54, 1.807) is 7.11 Å². The highest BCUT2D eigenvalue weighted by Crippen LogP contribution is 2.42. The zero-order chi connectivity index (χ0) is 15.7. The Kier molecular flexibility index (Phi) is 4.37. The van der Waals surface area contributed by atoms with Gasteiger partial charge in [-0.3, -0.25) is 0 Å². The predicted octanol–water partition coefficient (Wildman–Crippen LogP) is 3.75. The number of methoxy groups -OCH3 is 1. The summed E-state index contributed by atoms with van der Waals surface area (Å²) in [5.41, 5.74) is 6.64. The number of ether oxygens (including phenoxy) is 2. The number of primary amides is 1. The molecule has 1 rings (SSSR count). The molecule has 1 aromatic carbocycles. The molecule has 2 N–H and O–H groups in total. The third-order valence-corrected chi connectivity index (χ3v) is 3.12. The maximum Gasteiger partial charge on any atom is 0.409 e. The van der Waals surface area contributed by atoms with Gasteiger partial charge in [-0.05, 0) is 23.0 Å². The van der Waals surface area contributed by atoms with Crippen LogP contribution in [0, 0.1) is 0 Å². The van der Waals surface area contributed by atoms with E-state index >= 15 is 0 Å². The van der Waals surface area contributed by atoms with Crippen molar-refractivity contribution in [2.75, 3.05) is 7.11 Å². The maximum atomic E-state index is 11.3. The highest BCUT2D eigenvalue weighted by atomic mass is 16.5. The Morgan fingerprint density at radius 2 is 1.40 bits per heavy atom. The maximum absolute atomic E-state index is 11.3. The number of carbonyl (C=O) groups excluding carboxylic acids is 1. The standard InChI is InChI=1S/C16H25NO3/c1-15(2,3)11-8-10(19-7)9-12(16(4,5)6)13(11)20-14(17)18/h8-9H,1-7H3,(H2,17,18). The highest BCUT2D eigenvalue weighted by molar-refractivity contribution is 5.70. The zero-order valence-corrected chi connectivity index (χ0v) is 13.5. The average Bonchev–Trinajstić information content (AvgIpc) is 2.25. The summed E-state index contributed by atoms with van der Waals surface area (Å²) in [5, 5.41) is 0. The lowest BCUT2D eigenvalue weighted by molar-refractivity contribution is 0.208. The Labute approximate surface area is 121 Å². The molecule has 0 spiro atoms. The van der Waals surface area contributed by atoms with E-state index in [4.69, 9.17) is 15.2 Å². The Morgan fingerprint density at radius 3 is 1.65 bits per heavy atom. The van der Waals surface area contributed by atoms with Crippen LogP contribution in [-0.4, -0.2) is 13.2 Å². The Morgan fingerprint density at radius 1 is 1.00 bits per heavy atom. The molecule has 0 aliphatic carbocycles. The number of hydrogen-bond acceptors (Lipinski definition) is 3. The monoisotopic (exact) mass is 279 g/mol. The van der Waals surface area contributed by atoms with E-state index in [0.717, 1.165) is 16.9 Å². The lowest BCUT2D eigenvalue weighted by Crippen LogP contribution is -2.24. The van der Waals surface area contributed by atoms with Crippen molar-refractivity contribution in [3.05, 3.63) is 23.3 Å². The molecule has 4 nitrogen and oxygen atoms in total. The molecule has 0 fully saturated rings. The number of benzene rings is 1. The van der Waals surface area contributed by atoms with Crippen LogP contribution in [-0.2, 0) is 10.8 Å². The third kappa shape index (κ3) is 3.65. The normalized spacial score (nSPS) is 12.2. The first-order chi connectivity index (χ1) is 8.96. The van der Waals surface area contributed by atoms with Crippen LogP contribution in [0.3, 0.4) is 0 Å². The summed E-state index contributed by atoms with van der Waals surface area (Å²) in [7, 11) is 1.63. The van der Waals surface area contributed by atoms with Gasteiger partial charge in [0.15, 0.2) is 0 Å². The lowest BCUT2D eigenvalue weighted by Gasteiger charge is -2.29. The fourth-order valence-corrected chi connectivity index (χ4v) is 2.04. The number of nitrogens with two attached hydrogens (primary N) is 1. The van der Waals surface area contributed by atoms with E-state index in [0.29, 0.717) is 5.75 Å². The summed E-state index contributed by atoms with van der Waals surface area (Å²) in [4.78, 5) is 11.3. The van der Waals surface area contributed by atoms with Gasteiger partial charge in [-0.2, -0.15) is 0 Å². The van der Waals surface area contributed by atoms with Crippen molar-refractivity contribution in [2.24, 2.45) is 5.73 Å². The van der Waals surface area contributed by atoms with Crippen LogP contribution < -0.4 is 15.2 Å². The summed E-state index contributed by atoms with van der Waals surface area (Å²) in [6, 6.07) is 3.79. The molecular formula is C16H25NO3. The van der Waals surface area contributed by atoms with Crippen molar-refractivity contribution in [2.45, 2.75) is 52.4 Å². The molecule has 1 amide bonds. The van der Waals surface area contributed by atoms with Gasteiger partial charge in [-0.25, -0.2) is 4.79 Å². The highest BCUT2D eigenvalue weighted by Gasteiger charge is 2.29. The molecule has 0 aliphatic heterocycles. The molecule has 20 heavy (non-hydrogen) atoms. The molecule has 0 radical (unpaired) electrons. The molecule has 4 heteroatoms. The minimum atomic E-state index is -0.800. The predicted molar refractivity (Wildman–Crippen MR) is 80.6 cm³/mol. The molecule has 0 saturated carbocycles. The van der Waals surface area contributed by atoms with Gasteiger partial charge in [0.25, 0.3) is 0 Å². The average molecular weight is 279 g/mol. The van der Waals surface area contributed by atoms with Gasteiger partial charge in [0, 0.05) is 11.1 Å². The topological polar surface area (TPSA) is 61.6 Å². The summed E-state index contributed by atoms with van der Waals surface area (Å²) in [6.45, 7) is 12.3. The summed E-state index contributed by atoms with van der Waals surface area (Å²) < 4.78 is 10.7. The smallest absolute Gasteiger partial charge is 0.409 e. The molecule has 0 unspecified atom stereocenters. The van der Waals surface area contributed by atoms with E-state index < -0.39 is 6.09 Å². The molecule has 0 heterocycles. The van der Waals surface area contributed by atoms with E-state index in [2.05, 4.69) is 41.5 Å². The molecule has 0 bridgehead atoms. The van der Waals surface area contributed by atoms with E-state index in [-0.39, 0.29) is 10.8 Å². The van der Waals surface area contributed by atoms with Crippen LogP contribution in [0.5, 0.6) is 11.5 Å². The van der Waals surface area contributed by atoms with Crippen molar-refractivity contribution in [1.29, 1.82) is 0 Å². The van der Waals surface area contributed by atoms with Gasteiger partial charge in [0.2, 0.25) is 0 Å². The van der Waals surface area contributed by atoms with Crippen LogP contribution in [0.15, 0.2) is 12.1 Å². The first kappa shape index (κ1) is 16.3. The van der Waals surface area contributed by atoms with Crippen LogP contribution in [0.4, 0.5) is 4.79 Å². The Bertz CT molecular complexity index is 472. The largest absolute Gasteiger partial charge is 0.497 e. The van der Waals surface area contributed by atoms with Crippen LogP contribution in [0.2, 0.25) is 0 Å². The quantitative estimate of drug-likeness (QED) is 0.896. The van der Waals surface area contributed by atoms with Crippen LogP contribution in [0.1, 0.15) is 52.7 Å². The van der Waals surface area contributed by atoms with Gasteiger partial charge in [-0.1, -0.05) is 41.5 Å². The molecule has 1 aromatic rings. The summed E-state index contributed by atoms with van der Waals surface area (Å²) in [5.74, 6) is 1.29. The summed E-state index contributed by atoms with van der Waals surface area (Å²) in [6.07, 6.45) is -0.800. The van der Waals surface area contributed by atoms with Crippen molar-refractivity contribution in [1.82, 2.24) is 0 Å². The van der Waals surface area contributed by atoms with Crippen molar-refractivity contribution >= 4 is 6.09 Å². The van der Waals surface area contributed by atoms with Gasteiger partial charge in [0.1, 0.15) is 11.5 Å². The number of rotatable bonds is 2. The first-order valence-electron chi connectivity index (χ1n) is 6.67. The van der Waals surface area contributed by atoms with Crippen molar-refractivity contribution in [3.8, 4) is 11.5 Å². The molecule has 0 aromatic heterocycles. The zero-order valence-electron chi connectivity index (χ0n) is 13.5. The third-order valence-electron chi connectivity index (χ3n) is 3.12. The van der Waals surface area contributed by atoms with E-state index in [1.165, 1.54) is 0 Å². The first-order valence-corrected chi connectivity index (χ1v) is 6.67. The second kappa shape index (κ2) is 5.35. The minimum Gasteiger partial charge on any atom is -0.497 e. The van der Waals surface area contributed by atoms with Crippen LogP contribution >= 0.6 is 0 Å². The number of hydrogen-bond donors (Lipinski definition) is 1. The summed E-state index contributed by atoms with van der Waals surface area (Å²) >= 11 is 0. The molecular weight excluding hydrogens is 254 g/mol. The van der Waals surface area contributed by atoms with Gasteiger partial charge < -0.3 is 15.2 Å². The van der Waals surface area contributed by atoms with Gasteiger partial charge in [-0.15, -0.1) is 0 Å². The second-order valence-corrected chi connectivity index (χ2v) is 6.97. The van der Waals surface area contributed by atoms with Crippen molar-refractivity contribution in [3.63, 3.8) is 0 Å². The molecule has 0 saturated heterocycles. The Hall–Kier alpha value is -1.71. The molecule has 0 atom stereocenters. The Balaban J connectivity index is 3.67. The SMILES string of the molecule is COc1cc(C(C)(C)C)c(OC(N)=O)c(C(C)(C)C)c1. The fourth-order valence-electron chi connectivity index (χ4n) is 2.04. The molecule has 112 valence electrons. The second-order valence-electron chi connectivity index (χ2n) is 6.97. The van der Waals surface area contributed by atoms with Gasteiger partial charge in [0.05, 0.1) is 7.11 Å². The van der Waals surface area contributed by atoms with E-state index in [9.17, 15) is 4.79 Å². The van der Waals surface area contributed by atoms with Crippen molar-refractivity contribution < 1.29 is 14.3 Å². The van der Waals surface area contributed by atoms with E-state index in [1.807, 2.05) is 12.1 Å². The minimum absolute atomic E-state index is 0.195. The number of carbonyl (C=O) groups is 1. The van der Waals surface area contributed by atoms with Gasteiger partial charge >= 0.3 is 6.09 Å².